The SMILES string of the molecule is O=c1c2cn(Cc3ccc(-n4cccn4)cc3)c3ccccc3c-2nn1C1CCCCC1F. The summed E-state index contributed by atoms with van der Waals surface area (Å²) in [5.41, 5.74) is 4.08. The number of pyridine rings is 1. The maximum absolute atomic E-state index is 14.6. The van der Waals surface area contributed by atoms with Crippen LogP contribution in [0.3, 0.4) is 0 Å². The molecule has 1 fully saturated rings. The minimum atomic E-state index is -1.02. The lowest BCUT2D eigenvalue weighted by molar-refractivity contribution is 0.157. The van der Waals surface area contributed by atoms with E-state index in [4.69, 9.17) is 0 Å². The number of benzene rings is 2. The fraction of sp³-hybridized carbons (Fsp3) is 0.269. The molecule has 1 aliphatic carbocycles. The molecule has 0 amide bonds. The molecule has 0 N–H and O–H groups in total. The average molecular weight is 442 g/mol. The van der Waals surface area contributed by atoms with Crippen molar-refractivity contribution in [1.29, 1.82) is 0 Å². The molecule has 3 heterocycles. The Kier molecular flexibility index (Phi) is 4.82. The average Bonchev–Trinajstić information content (AvgIpc) is 3.49. The van der Waals surface area contributed by atoms with Gasteiger partial charge in [0.05, 0.1) is 22.8 Å². The van der Waals surface area contributed by atoms with E-state index < -0.39 is 12.2 Å². The number of fused-ring (bicyclic) bond motifs is 3. The Morgan fingerprint density at radius 3 is 2.61 bits per heavy atom. The van der Waals surface area contributed by atoms with Gasteiger partial charge in [-0.05, 0) is 42.7 Å². The first-order chi connectivity index (χ1) is 16.2. The summed E-state index contributed by atoms with van der Waals surface area (Å²) in [6.07, 6.45) is 7.47. The quantitative estimate of drug-likeness (QED) is 0.395. The van der Waals surface area contributed by atoms with Gasteiger partial charge >= 0.3 is 0 Å². The van der Waals surface area contributed by atoms with Crippen LogP contribution in [0.25, 0.3) is 27.8 Å². The van der Waals surface area contributed by atoms with Crippen molar-refractivity contribution in [2.75, 3.05) is 0 Å². The number of halogens is 1. The van der Waals surface area contributed by atoms with Gasteiger partial charge in [0.1, 0.15) is 11.9 Å². The Bertz CT molecular complexity index is 1430. The highest BCUT2D eigenvalue weighted by Crippen LogP contribution is 2.33. The van der Waals surface area contributed by atoms with Gasteiger partial charge in [-0.15, -0.1) is 0 Å². The Labute approximate surface area is 190 Å². The highest BCUT2D eigenvalue weighted by atomic mass is 19.1. The molecule has 2 aliphatic heterocycles. The maximum Gasteiger partial charge on any atom is 0.278 e. The molecular formula is C26H24FN5O. The van der Waals surface area contributed by atoms with Crippen molar-refractivity contribution < 1.29 is 4.39 Å². The maximum atomic E-state index is 14.6. The van der Waals surface area contributed by atoms with E-state index in [0.717, 1.165) is 35.0 Å². The van der Waals surface area contributed by atoms with Crippen molar-refractivity contribution in [2.24, 2.45) is 0 Å². The molecule has 1 aromatic heterocycles. The first-order valence-electron chi connectivity index (χ1n) is 11.4. The second-order valence-electron chi connectivity index (χ2n) is 8.77. The number of rotatable bonds is 4. The van der Waals surface area contributed by atoms with Crippen LogP contribution in [-0.2, 0) is 6.54 Å². The standard InChI is InChI=1S/C26H24FN5O/c27-22-7-2-4-9-24(22)32-26(33)21-17-30(23-8-3-1-6-20(23)25(21)29-32)16-18-10-12-19(13-11-18)31-15-5-14-28-31/h1,3,5-6,8,10-15,17,22,24H,2,4,7,9,16H2. The van der Waals surface area contributed by atoms with Gasteiger partial charge in [0.25, 0.3) is 5.56 Å². The Morgan fingerprint density at radius 1 is 1.00 bits per heavy atom. The lowest BCUT2D eigenvalue weighted by atomic mass is 9.94. The van der Waals surface area contributed by atoms with Crippen molar-refractivity contribution in [3.63, 3.8) is 0 Å². The number of aromatic nitrogens is 5. The Morgan fingerprint density at radius 2 is 1.82 bits per heavy atom. The summed E-state index contributed by atoms with van der Waals surface area (Å²) >= 11 is 0. The van der Waals surface area contributed by atoms with E-state index in [-0.39, 0.29) is 5.56 Å². The van der Waals surface area contributed by atoms with Crippen LogP contribution in [0.2, 0.25) is 0 Å². The number of para-hydroxylation sites is 1. The van der Waals surface area contributed by atoms with Gasteiger partial charge in [-0.2, -0.15) is 10.2 Å². The second-order valence-corrected chi connectivity index (χ2v) is 8.77. The third kappa shape index (κ3) is 3.44. The van der Waals surface area contributed by atoms with Crippen LogP contribution in [0.1, 0.15) is 37.3 Å². The fourth-order valence-corrected chi connectivity index (χ4v) is 4.97. The molecule has 2 atom stereocenters. The molecule has 3 aromatic rings. The molecule has 0 bridgehead atoms. The number of nitrogens with zero attached hydrogens (tertiary/aromatic N) is 5. The molecular weight excluding hydrogens is 417 g/mol. The second kappa shape index (κ2) is 7.99. The van der Waals surface area contributed by atoms with Gasteiger partial charge in [-0.25, -0.2) is 13.8 Å². The van der Waals surface area contributed by atoms with Crippen LogP contribution in [-0.4, -0.2) is 30.3 Å². The van der Waals surface area contributed by atoms with E-state index in [9.17, 15) is 9.18 Å². The molecule has 1 saturated carbocycles. The van der Waals surface area contributed by atoms with Crippen molar-refractivity contribution in [1.82, 2.24) is 24.1 Å². The van der Waals surface area contributed by atoms with Gasteiger partial charge in [0.15, 0.2) is 0 Å². The van der Waals surface area contributed by atoms with Crippen molar-refractivity contribution in [3.8, 4) is 16.9 Å². The lowest BCUT2D eigenvalue weighted by Crippen LogP contribution is -2.31. The molecule has 166 valence electrons. The van der Waals surface area contributed by atoms with Gasteiger partial charge in [-0.1, -0.05) is 43.2 Å². The monoisotopic (exact) mass is 441 g/mol. The summed E-state index contributed by atoms with van der Waals surface area (Å²) in [5.74, 6) is 0. The minimum Gasteiger partial charge on any atom is -0.342 e. The molecule has 6 nitrogen and oxygen atoms in total. The topological polar surface area (TPSA) is 57.6 Å². The molecule has 0 saturated heterocycles. The smallest absolute Gasteiger partial charge is 0.278 e. The number of hydrogen-bond donors (Lipinski definition) is 0. The highest BCUT2D eigenvalue weighted by Gasteiger charge is 2.31. The van der Waals surface area contributed by atoms with Gasteiger partial charge in [0, 0.05) is 30.5 Å². The van der Waals surface area contributed by atoms with Crippen LogP contribution >= 0.6 is 0 Å². The number of hydrogen-bond acceptors (Lipinski definition) is 3. The van der Waals surface area contributed by atoms with Gasteiger partial charge in [0.2, 0.25) is 0 Å². The van der Waals surface area contributed by atoms with Crippen LogP contribution in [0.15, 0.2) is 78.0 Å². The third-order valence-electron chi connectivity index (χ3n) is 6.67. The Balaban J connectivity index is 1.43. The first kappa shape index (κ1) is 19.9. The lowest BCUT2D eigenvalue weighted by Gasteiger charge is -2.25. The highest BCUT2D eigenvalue weighted by molar-refractivity contribution is 5.93. The minimum absolute atomic E-state index is 0.201. The summed E-state index contributed by atoms with van der Waals surface area (Å²) in [6, 6.07) is 17.6. The summed E-state index contributed by atoms with van der Waals surface area (Å²) in [6.45, 7) is 0.607. The largest absolute Gasteiger partial charge is 0.342 e. The van der Waals surface area contributed by atoms with Crippen LogP contribution in [0, 0.1) is 0 Å². The van der Waals surface area contributed by atoms with Crippen LogP contribution in [0.5, 0.6) is 0 Å². The first-order valence-corrected chi connectivity index (χ1v) is 11.4. The van der Waals surface area contributed by atoms with Crippen molar-refractivity contribution in [2.45, 2.75) is 44.4 Å². The summed E-state index contributed by atoms with van der Waals surface area (Å²) in [7, 11) is 0. The molecule has 6 rings (SSSR count). The molecule has 0 radical (unpaired) electrons. The van der Waals surface area contributed by atoms with Crippen LogP contribution in [0.4, 0.5) is 4.39 Å². The summed E-state index contributed by atoms with van der Waals surface area (Å²) < 4.78 is 20.0. The Hall–Kier alpha value is -3.74. The van der Waals surface area contributed by atoms with Gasteiger partial charge < -0.3 is 4.57 Å². The molecule has 2 unspecified atom stereocenters. The summed E-state index contributed by atoms with van der Waals surface area (Å²) in [4.78, 5) is 13.3. The zero-order valence-electron chi connectivity index (χ0n) is 18.1. The van der Waals surface area contributed by atoms with E-state index in [1.54, 1.807) is 6.20 Å². The van der Waals surface area contributed by atoms with E-state index in [1.807, 2.05) is 59.5 Å². The van der Waals surface area contributed by atoms with Crippen molar-refractivity contribution in [3.05, 3.63) is 89.1 Å². The predicted molar refractivity (Wildman–Crippen MR) is 126 cm³/mol. The summed E-state index contributed by atoms with van der Waals surface area (Å²) in [5, 5.41) is 9.82. The van der Waals surface area contributed by atoms with Crippen LogP contribution < -0.4 is 5.56 Å². The zero-order valence-corrected chi connectivity index (χ0v) is 18.1. The van der Waals surface area contributed by atoms with E-state index in [1.165, 1.54) is 4.68 Å². The molecule has 2 aromatic carbocycles. The van der Waals surface area contributed by atoms with E-state index in [2.05, 4.69) is 26.9 Å². The van der Waals surface area contributed by atoms with E-state index in [0.29, 0.717) is 30.6 Å². The molecule has 33 heavy (non-hydrogen) atoms. The normalized spacial score (nSPS) is 18.8. The van der Waals surface area contributed by atoms with E-state index >= 15 is 0 Å². The molecule has 0 spiro atoms. The fourth-order valence-electron chi connectivity index (χ4n) is 4.97. The molecule has 3 aliphatic rings. The predicted octanol–water partition coefficient (Wildman–Crippen LogP) is 4.99. The molecule has 7 heteroatoms. The zero-order chi connectivity index (χ0) is 22.4. The number of alkyl halides is 1. The van der Waals surface area contributed by atoms with Gasteiger partial charge in [-0.3, -0.25) is 4.79 Å². The van der Waals surface area contributed by atoms with Crippen molar-refractivity contribution >= 4 is 10.9 Å². The third-order valence-corrected chi connectivity index (χ3v) is 6.67.